The molecule has 3 aromatic rings. The fraction of sp³-hybridized carbons (Fsp3) is 0.280. The van der Waals surface area contributed by atoms with Crippen LogP contribution in [0.1, 0.15) is 37.3 Å². The van der Waals surface area contributed by atoms with Crippen molar-refractivity contribution in [2.24, 2.45) is 5.92 Å². The van der Waals surface area contributed by atoms with Crippen molar-refractivity contribution in [2.75, 3.05) is 6.61 Å². The Morgan fingerprint density at radius 3 is 2.21 bits per heavy atom. The third kappa shape index (κ3) is 4.50. The molecule has 0 fully saturated rings. The Hall–Kier alpha value is -3.94. The SMILES string of the molecule is CC[C@H](C)[C@H](NC(=O)OCC1c2ccccc2-c2ccccc21)C(=O)Oc1cc(O)[nH]c1O. The van der Waals surface area contributed by atoms with Crippen LogP contribution in [0, 0.1) is 5.92 Å². The Labute approximate surface area is 191 Å². The first kappa shape index (κ1) is 22.3. The molecule has 172 valence electrons. The highest BCUT2D eigenvalue weighted by Gasteiger charge is 2.32. The highest BCUT2D eigenvalue weighted by molar-refractivity contribution is 5.84. The molecule has 4 N–H and O–H groups in total. The average molecular weight is 450 g/mol. The number of fused-ring (bicyclic) bond motifs is 3. The first-order valence-electron chi connectivity index (χ1n) is 10.8. The van der Waals surface area contributed by atoms with E-state index in [0.29, 0.717) is 6.42 Å². The van der Waals surface area contributed by atoms with E-state index in [1.165, 1.54) is 0 Å². The van der Waals surface area contributed by atoms with Gasteiger partial charge in [-0.25, -0.2) is 9.59 Å². The largest absolute Gasteiger partial charge is 0.494 e. The van der Waals surface area contributed by atoms with E-state index in [4.69, 9.17) is 9.47 Å². The van der Waals surface area contributed by atoms with Crippen molar-refractivity contribution in [1.82, 2.24) is 10.3 Å². The molecule has 1 amide bonds. The summed E-state index contributed by atoms with van der Waals surface area (Å²) in [6, 6.07) is 16.1. The monoisotopic (exact) mass is 450 g/mol. The van der Waals surface area contributed by atoms with Crippen LogP contribution in [0.5, 0.6) is 17.5 Å². The van der Waals surface area contributed by atoms with Crippen LogP contribution in [0.2, 0.25) is 0 Å². The second kappa shape index (κ2) is 9.28. The molecule has 0 radical (unpaired) electrons. The Balaban J connectivity index is 1.44. The summed E-state index contributed by atoms with van der Waals surface area (Å²) in [5, 5.41) is 21.7. The van der Waals surface area contributed by atoms with Crippen LogP contribution in [-0.2, 0) is 9.53 Å². The third-order valence-electron chi connectivity index (χ3n) is 6.04. The smallest absolute Gasteiger partial charge is 0.407 e. The van der Waals surface area contributed by atoms with E-state index in [1.54, 1.807) is 6.92 Å². The molecular weight excluding hydrogens is 424 g/mol. The number of esters is 1. The average Bonchev–Trinajstić information content (AvgIpc) is 3.31. The van der Waals surface area contributed by atoms with E-state index in [2.05, 4.69) is 22.4 Å². The fourth-order valence-electron chi connectivity index (χ4n) is 4.10. The number of rotatable bonds is 7. The molecular formula is C25H26N2O6. The zero-order valence-corrected chi connectivity index (χ0v) is 18.4. The minimum Gasteiger partial charge on any atom is -0.494 e. The Morgan fingerprint density at radius 2 is 1.67 bits per heavy atom. The van der Waals surface area contributed by atoms with Gasteiger partial charge >= 0.3 is 12.1 Å². The van der Waals surface area contributed by atoms with Gasteiger partial charge in [-0.05, 0) is 28.2 Å². The lowest BCUT2D eigenvalue weighted by Crippen LogP contribution is -2.47. The minimum atomic E-state index is -0.998. The molecule has 0 saturated carbocycles. The van der Waals surface area contributed by atoms with E-state index in [-0.39, 0.29) is 30.1 Å². The summed E-state index contributed by atoms with van der Waals surface area (Å²) in [6.45, 7) is 3.79. The van der Waals surface area contributed by atoms with E-state index in [9.17, 15) is 19.8 Å². The Kier molecular flexibility index (Phi) is 6.26. The van der Waals surface area contributed by atoms with Crippen LogP contribution in [-0.4, -0.2) is 39.9 Å². The van der Waals surface area contributed by atoms with E-state index in [0.717, 1.165) is 28.3 Å². The number of aromatic nitrogens is 1. The summed E-state index contributed by atoms with van der Waals surface area (Å²) >= 11 is 0. The van der Waals surface area contributed by atoms with E-state index >= 15 is 0 Å². The second-order valence-corrected chi connectivity index (χ2v) is 8.12. The van der Waals surface area contributed by atoms with Crippen molar-refractivity contribution >= 4 is 12.1 Å². The number of carbonyl (C=O) groups is 2. The minimum absolute atomic E-state index is 0.100. The van der Waals surface area contributed by atoms with Gasteiger partial charge < -0.3 is 25.0 Å². The van der Waals surface area contributed by atoms with Crippen molar-refractivity contribution in [1.29, 1.82) is 0 Å². The van der Waals surface area contributed by atoms with Crippen molar-refractivity contribution in [3.63, 3.8) is 0 Å². The Bertz CT molecular complexity index is 1130. The van der Waals surface area contributed by atoms with Crippen molar-refractivity contribution in [3.8, 4) is 28.6 Å². The maximum absolute atomic E-state index is 12.7. The first-order valence-corrected chi connectivity index (χ1v) is 10.8. The van der Waals surface area contributed by atoms with Crippen LogP contribution in [0.15, 0.2) is 54.6 Å². The molecule has 0 unspecified atom stereocenters. The molecule has 1 heterocycles. The number of hydrogen-bond acceptors (Lipinski definition) is 6. The molecule has 0 spiro atoms. The number of carbonyl (C=O) groups excluding carboxylic acids is 2. The van der Waals surface area contributed by atoms with Gasteiger partial charge in [-0.2, -0.15) is 0 Å². The summed E-state index contributed by atoms with van der Waals surface area (Å²) in [4.78, 5) is 27.6. The highest BCUT2D eigenvalue weighted by atomic mass is 16.6. The molecule has 2 aromatic carbocycles. The molecule has 0 bridgehead atoms. The van der Waals surface area contributed by atoms with Crippen molar-refractivity contribution in [3.05, 3.63) is 65.7 Å². The number of aromatic amines is 1. The van der Waals surface area contributed by atoms with Crippen LogP contribution >= 0.6 is 0 Å². The molecule has 8 nitrogen and oxygen atoms in total. The molecule has 0 saturated heterocycles. The molecule has 33 heavy (non-hydrogen) atoms. The zero-order valence-electron chi connectivity index (χ0n) is 18.4. The highest BCUT2D eigenvalue weighted by Crippen LogP contribution is 2.44. The van der Waals surface area contributed by atoms with E-state index in [1.807, 2.05) is 43.3 Å². The maximum Gasteiger partial charge on any atom is 0.407 e. The zero-order chi connectivity index (χ0) is 23.5. The molecule has 1 aliphatic carbocycles. The van der Waals surface area contributed by atoms with Gasteiger partial charge in [0, 0.05) is 12.0 Å². The normalized spacial score (nSPS) is 14.1. The second-order valence-electron chi connectivity index (χ2n) is 8.12. The number of aromatic hydroxyl groups is 2. The van der Waals surface area contributed by atoms with Gasteiger partial charge in [0.2, 0.25) is 5.88 Å². The van der Waals surface area contributed by atoms with Gasteiger partial charge in [0.05, 0.1) is 0 Å². The summed E-state index contributed by atoms with van der Waals surface area (Å²) in [6.07, 6.45) is -0.145. The van der Waals surface area contributed by atoms with Crippen molar-refractivity contribution < 1.29 is 29.3 Å². The third-order valence-corrected chi connectivity index (χ3v) is 6.04. The molecule has 1 aliphatic rings. The topological polar surface area (TPSA) is 121 Å². The lowest BCUT2D eigenvalue weighted by Gasteiger charge is -2.22. The summed E-state index contributed by atoms with van der Waals surface area (Å²) < 4.78 is 10.7. The van der Waals surface area contributed by atoms with Crippen LogP contribution in [0.4, 0.5) is 4.79 Å². The number of H-pyrrole nitrogens is 1. The number of hydrogen-bond donors (Lipinski definition) is 4. The lowest BCUT2D eigenvalue weighted by atomic mass is 9.98. The molecule has 4 rings (SSSR count). The number of alkyl carbamates (subject to hydrolysis) is 1. The molecule has 2 atom stereocenters. The van der Waals surface area contributed by atoms with E-state index < -0.39 is 24.0 Å². The number of nitrogens with one attached hydrogen (secondary N) is 2. The number of ether oxygens (including phenoxy) is 2. The summed E-state index contributed by atoms with van der Waals surface area (Å²) in [5.41, 5.74) is 4.43. The maximum atomic E-state index is 12.7. The quantitative estimate of drug-likeness (QED) is 0.399. The van der Waals surface area contributed by atoms with Gasteiger partial charge in [0.25, 0.3) is 0 Å². The van der Waals surface area contributed by atoms with Gasteiger partial charge in [-0.15, -0.1) is 0 Å². The fourth-order valence-corrected chi connectivity index (χ4v) is 4.10. The van der Waals surface area contributed by atoms with Gasteiger partial charge in [0.15, 0.2) is 11.6 Å². The van der Waals surface area contributed by atoms with Crippen LogP contribution in [0.25, 0.3) is 11.1 Å². The standard InChI is InChI=1S/C25H26N2O6/c1-3-14(2)22(24(30)33-20-12-21(28)26-23(20)29)27-25(31)32-13-19-17-10-6-4-8-15(17)16-9-5-7-11-18(16)19/h4-12,14,19,22,26,28-29H,3,13H2,1-2H3,(H,27,31)/t14-,22-/m0/s1. The molecule has 8 heteroatoms. The number of benzene rings is 2. The van der Waals surface area contributed by atoms with Gasteiger partial charge in [-0.1, -0.05) is 68.8 Å². The van der Waals surface area contributed by atoms with Gasteiger partial charge in [-0.3, -0.25) is 4.98 Å². The first-order chi connectivity index (χ1) is 15.9. The van der Waals surface area contributed by atoms with Crippen molar-refractivity contribution in [2.45, 2.75) is 32.2 Å². The Morgan fingerprint density at radius 1 is 1.06 bits per heavy atom. The summed E-state index contributed by atoms with van der Waals surface area (Å²) in [5.74, 6) is -2.18. The van der Waals surface area contributed by atoms with Gasteiger partial charge in [0.1, 0.15) is 12.6 Å². The lowest BCUT2D eigenvalue weighted by molar-refractivity contribution is -0.138. The van der Waals surface area contributed by atoms with Crippen LogP contribution < -0.4 is 10.1 Å². The predicted octanol–water partition coefficient (Wildman–Crippen LogP) is 4.28. The number of amides is 1. The summed E-state index contributed by atoms with van der Waals surface area (Å²) in [7, 11) is 0. The van der Waals surface area contributed by atoms with Crippen LogP contribution in [0.3, 0.4) is 0 Å². The predicted molar refractivity (Wildman–Crippen MR) is 121 cm³/mol. The molecule has 0 aliphatic heterocycles. The molecule has 1 aromatic heterocycles.